The first-order valence-corrected chi connectivity index (χ1v) is 19.2. The third-order valence-electron chi connectivity index (χ3n) is 11.3. The molecular formula is C54H35NO. The van der Waals surface area contributed by atoms with Crippen molar-refractivity contribution in [3.05, 3.63) is 212 Å². The smallest absolute Gasteiger partial charge is 0.143 e. The number of nitrogens with zero attached hydrogens (tertiary/aromatic N) is 1. The van der Waals surface area contributed by atoms with Gasteiger partial charge < -0.3 is 9.32 Å². The Morgan fingerprint density at radius 1 is 0.250 bits per heavy atom. The van der Waals surface area contributed by atoms with E-state index in [1.807, 2.05) is 0 Å². The quantitative estimate of drug-likeness (QED) is 0.160. The van der Waals surface area contributed by atoms with E-state index in [2.05, 4.69) is 217 Å². The molecule has 10 aromatic carbocycles. The first-order chi connectivity index (χ1) is 27.8. The number of para-hydroxylation sites is 2. The molecule has 0 N–H and O–H groups in total. The minimum atomic E-state index is 0.903. The maximum atomic E-state index is 6.78. The molecule has 56 heavy (non-hydrogen) atoms. The van der Waals surface area contributed by atoms with Crippen LogP contribution in [0.5, 0.6) is 0 Å². The second kappa shape index (κ2) is 13.2. The van der Waals surface area contributed by atoms with E-state index in [1.165, 1.54) is 43.4 Å². The van der Waals surface area contributed by atoms with Crippen molar-refractivity contribution in [3.8, 4) is 33.4 Å². The van der Waals surface area contributed by atoms with E-state index in [0.717, 1.165) is 61.3 Å². The van der Waals surface area contributed by atoms with E-state index < -0.39 is 0 Å². The second-order valence-corrected chi connectivity index (χ2v) is 14.4. The Balaban J connectivity index is 1.06. The van der Waals surface area contributed by atoms with Crippen LogP contribution in [0.15, 0.2) is 217 Å². The molecule has 11 aromatic rings. The minimum Gasteiger partial charge on any atom is -0.455 e. The van der Waals surface area contributed by atoms with Crippen LogP contribution in [0.25, 0.3) is 87.6 Å². The van der Waals surface area contributed by atoms with Gasteiger partial charge in [-0.05, 0) is 91.0 Å². The highest BCUT2D eigenvalue weighted by molar-refractivity contribution is 6.26. The normalized spacial score (nSPS) is 11.6. The van der Waals surface area contributed by atoms with Crippen molar-refractivity contribution in [1.82, 2.24) is 0 Å². The highest BCUT2D eigenvalue weighted by Gasteiger charge is 2.18. The van der Waals surface area contributed by atoms with Crippen molar-refractivity contribution in [2.45, 2.75) is 0 Å². The van der Waals surface area contributed by atoms with E-state index >= 15 is 0 Å². The lowest BCUT2D eigenvalue weighted by molar-refractivity contribution is 0.671. The van der Waals surface area contributed by atoms with Crippen LogP contribution in [0.3, 0.4) is 0 Å². The Bertz CT molecular complexity index is 3180. The monoisotopic (exact) mass is 713 g/mol. The fraction of sp³-hybridized carbons (Fsp3) is 0. The van der Waals surface area contributed by atoms with E-state index in [4.69, 9.17) is 4.42 Å². The zero-order chi connectivity index (χ0) is 37.0. The fourth-order valence-electron chi connectivity index (χ4n) is 8.60. The first kappa shape index (κ1) is 32.0. The molecule has 0 amide bonds. The van der Waals surface area contributed by atoms with Gasteiger partial charge in [0.2, 0.25) is 0 Å². The molecular weight excluding hydrogens is 679 g/mol. The topological polar surface area (TPSA) is 16.4 Å². The third kappa shape index (κ3) is 5.26. The van der Waals surface area contributed by atoms with Crippen LogP contribution in [0, 0.1) is 0 Å². The van der Waals surface area contributed by atoms with Crippen LogP contribution in [0.4, 0.5) is 17.1 Å². The number of benzene rings is 10. The van der Waals surface area contributed by atoms with E-state index in [9.17, 15) is 0 Å². The molecule has 0 aliphatic carbocycles. The molecule has 0 spiro atoms. The molecule has 1 aromatic heterocycles. The van der Waals surface area contributed by atoms with Crippen LogP contribution in [0.1, 0.15) is 0 Å². The lowest BCUT2D eigenvalue weighted by Gasteiger charge is -2.26. The summed E-state index contributed by atoms with van der Waals surface area (Å²) in [4.78, 5) is 2.37. The molecule has 0 radical (unpaired) electrons. The third-order valence-corrected chi connectivity index (χ3v) is 11.3. The number of anilines is 3. The van der Waals surface area contributed by atoms with Crippen LogP contribution in [0.2, 0.25) is 0 Å². The molecule has 262 valence electrons. The summed E-state index contributed by atoms with van der Waals surface area (Å²) in [7, 11) is 0. The van der Waals surface area contributed by atoms with Gasteiger partial charge in [0.25, 0.3) is 0 Å². The van der Waals surface area contributed by atoms with Crippen LogP contribution in [-0.2, 0) is 0 Å². The molecule has 0 aliphatic heterocycles. The molecule has 0 saturated heterocycles. The van der Waals surface area contributed by atoms with Gasteiger partial charge in [0.1, 0.15) is 11.2 Å². The highest BCUT2D eigenvalue weighted by atomic mass is 16.3. The predicted molar refractivity (Wildman–Crippen MR) is 237 cm³/mol. The maximum Gasteiger partial charge on any atom is 0.143 e. The summed E-state index contributed by atoms with van der Waals surface area (Å²) in [6.07, 6.45) is 0. The molecule has 0 atom stereocenters. The fourth-order valence-corrected chi connectivity index (χ4v) is 8.60. The zero-order valence-electron chi connectivity index (χ0n) is 30.6. The Morgan fingerprint density at radius 2 is 0.625 bits per heavy atom. The average molecular weight is 714 g/mol. The average Bonchev–Trinajstić information content (AvgIpc) is 3.67. The maximum absolute atomic E-state index is 6.78. The van der Waals surface area contributed by atoms with Gasteiger partial charge >= 0.3 is 0 Å². The number of fused-ring (bicyclic) bond motifs is 9. The van der Waals surface area contributed by atoms with Gasteiger partial charge in [-0.25, -0.2) is 0 Å². The van der Waals surface area contributed by atoms with Crippen molar-refractivity contribution < 1.29 is 4.42 Å². The number of hydrogen-bond donors (Lipinski definition) is 0. The Hall–Kier alpha value is -7.42. The van der Waals surface area contributed by atoms with Crippen LogP contribution in [-0.4, -0.2) is 0 Å². The largest absolute Gasteiger partial charge is 0.455 e. The molecule has 0 fully saturated rings. The summed E-state index contributed by atoms with van der Waals surface area (Å²) >= 11 is 0. The molecule has 2 heteroatoms. The summed E-state index contributed by atoms with van der Waals surface area (Å²) < 4.78 is 6.78. The summed E-state index contributed by atoms with van der Waals surface area (Å²) in [5, 5.41) is 9.82. The van der Waals surface area contributed by atoms with Gasteiger partial charge in [0.05, 0.1) is 0 Å². The Labute approximate surface area is 325 Å². The second-order valence-electron chi connectivity index (χ2n) is 14.4. The van der Waals surface area contributed by atoms with Crippen LogP contribution >= 0.6 is 0 Å². The highest BCUT2D eigenvalue weighted by Crippen LogP contribution is 2.43. The zero-order valence-corrected chi connectivity index (χ0v) is 30.6. The van der Waals surface area contributed by atoms with Crippen molar-refractivity contribution in [2.24, 2.45) is 0 Å². The van der Waals surface area contributed by atoms with Gasteiger partial charge in [-0.3, -0.25) is 0 Å². The summed E-state index contributed by atoms with van der Waals surface area (Å²) in [6.45, 7) is 0. The van der Waals surface area contributed by atoms with Crippen molar-refractivity contribution >= 4 is 71.3 Å². The van der Waals surface area contributed by atoms with Gasteiger partial charge in [0, 0.05) is 39.0 Å². The lowest BCUT2D eigenvalue weighted by atomic mass is 9.94. The molecule has 11 rings (SSSR count). The SMILES string of the molecule is c1ccc(-c2ccc(N(c3ccc(-c4cccc5c4oc4c(-c6ccccc6)cccc45)cc3)c3ccc4c5ccccc5c5ccccc5c4c3)cc2)cc1. The van der Waals surface area contributed by atoms with E-state index in [0.29, 0.717) is 0 Å². The van der Waals surface area contributed by atoms with Crippen molar-refractivity contribution in [1.29, 1.82) is 0 Å². The number of hydrogen-bond acceptors (Lipinski definition) is 2. The Morgan fingerprint density at radius 3 is 1.16 bits per heavy atom. The molecule has 2 nitrogen and oxygen atoms in total. The van der Waals surface area contributed by atoms with Gasteiger partial charge in [-0.15, -0.1) is 0 Å². The van der Waals surface area contributed by atoms with Gasteiger partial charge in [-0.1, -0.05) is 176 Å². The van der Waals surface area contributed by atoms with Gasteiger partial charge in [-0.2, -0.15) is 0 Å². The lowest BCUT2D eigenvalue weighted by Crippen LogP contribution is -2.10. The molecule has 0 saturated carbocycles. The van der Waals surface area contributed by atoms with Crippen molar-refractivity contribution in [3.63, 3.8) is 0 Å². The Kier molecular flexibility index (Phi) is 7.53. The van der Waals surface area contributed by atoms with Crippen molar-refractivity contribution in [2.75, 3.05) is 4.90 Å². The predicted octanol–water partition coefficient (Wildman–Crippen LogP) is 15.5. The number of rotatable bonds is 6. The van der Waals surface area contributed by atoms with Gasteiger partial charge in [0.15, 0.2) is 0 Å². The first-order valence-electron chi connectivity index (χ1n) is 19.2. The summed E-state index contributed by atoms with van der Waals surface area (Å²) in [6, 6.07) is 76.3. The molecule has 0 unspecified atom stereocenters. The van der Waals surface area contributed by atoms with Crippen LogP contribution < -0.4 is 4.90 Å². The molecule has 0 bridgehead atoms. The minimum absolute atomic E-state index is 0.903. The number of furan rings is 1. The molecule has 0 aliphatic rings. The standard InChI is InChI=1S/C54H35NO/c1-3-13-36(14-4-1)37-25-29-40(30-26-37)55(42-33-34-49-47-19-8-7-17-45(47)46-18-9-10-20-48(46)52(49)35-42)41-31-27-39(28-32-41)44-22-12-24-51-50-23-11-21-43(53(50)56-54(44)51)38-15-5-2-6-16-38/h1-35H. The summed E-state index contributed by atoms with van der Waals surface area (Å²) in [5.41, 5.74) is 11.9. The van der Waals surface area contributed by atoms with E-state index in [-0.39, 0.29) is 0 Å². The van der Waals surface area contributed by atoms with E-state index in [1.54, 1.807) is 0 Å². The molecule has 1 heterocycles. The summed E-state index contributed by atoms with van der Waals surface area (Å²) in [5.74, 6) is 0.